The normalized spacial score (nSPS) is 10.2. The van der Waals surface area contributed by atoms with Gasteiger partial charge in [0, 0.05) is 16.3 Å². The van der Waals surface area contributed by atoms with Crippen molar-refractivity contribution in [1.82, 2.24) is 5.32 Å². The highest BCUT2D eigenvalue weighted by Crippen LogP contribution is 2.09. The van der Waals surface area contributed by atoms with Gasteiger partial charge in [-0.3, -0.25) is 4.79 Å². The minimum atomic E-state index is 0.110. The molecule has 0 aliphatic rings. The Morgan fingerprint density at radius 2 is 1.81 bits per heavy atom. The molecule has 0 bridgehead atoms. The molecular weight excluding hydrogens is 238 g/mol. The van der Waals surface area contributed by atoms with E-state index in [0.29, 0.717) is 6.42 Å². The molecule has 0 saturated carbocycles. The molecule has 2 nitrogen and oxygen atoms in total. The molecule has 16 heavy (non-hydrogen) atoms. The van der Waals surface area contributed by atoms with Crippen LogP contribution in [-0.4, -0.2) is 12.5 Å². The van der Waals surface area contributed by atoms with E-state index in [0.717, 1.165) is 17.8 Å². The maximum Gasteiger partial charge on any atom is 0.225 e. The highest BCUT2D eigenvalue weighted by atomic mass is 32.1. The van der Waals surface area contributed by atoms with Crippen LogP contribution in [0.4, 0.5) is 0 Å². The van der Waals surface area contributed by atoms with Crippen LogP contribution in [-0.2, 0) is 17.6 Å². The van der Waals surface area contributed by atoms with E-state index in [1.54, 1.807) is 22.7 Å². The fourth-order valence-electron chi connectivity index (χ4n) is 1.41. The summed E-state index contributed by atoms with van der Waals surface area (Å²) in [7, 11) is 0. The van der Waals surface area contributed by atoms with Crippen molar-refractivity contribution in [2.45, 2.75) is 12.8 Å². The van der Waals surface area contributed by atoms with Crippen LogP contribution in [0.2, 0.25) is 0 Å². The Labute approximate surface area is 103 Å². The van der Waals surface area contributed by atoms with Crippen LogP contribution in [0.5, 0.6) is 0 Å². The van der Waals surface area contributed by atoms with E-state index < -0.39 is 0 Å². The Morgan fingerprint density at radius 1 is 1.12 bits per heavy atom. The SMILES string of the molecule is O=C(Cc1cccs1)NCCc1cccs1. The molecule has 0 spiro atoms. The Balaban J connectivity index is 1.68. The van der Waals surface area contributed by atoms with Gasteiger partial charge in [-0.25, -0.2) is 0 Å². The van der Waals surface area contributed by atoms with Gasteiger partial charge in [0.05, 0.1) is 6.42 Å². The van der Waals surface area contributed by atoms with Crippen LogP contribution >= 0.6 is 22.7 Å². The van der Waals surface area contributed by atoms with Crippen LogP contribution in [0.15, 0.2) is 35.0 Å². The van der Waals surface area contributed by atoms with Crippen molar-refractivity contribution in [3.8, 4) is 0 Å². The van der Waals surface area contributed by atoms with Crippen LogP contribution in [0.25, 0.3) is 0 Å². The number of nitrogens with one attached hydrogen (secondary N) is 1. The average Bonchev–Trinajstić information content (AvgIpc) is 2.90. The summed E-state index contributed by atoms with van der Waals surface area (Å²) in [6, 6.07) is 8.09. The number of carbonyl (C=O) groups is 1. The molecule has 2 aromatic heterocycles. The first-order valence-electron chi connectivity index (χ1n) is 5.16. The summed E-state index contributed by atoms with van der Waals surface area (Å²) in [5.41, 5.74) is 0. The predicted molar refractivity (Wildman–Crippen MR) is 69.1 cm³/mol. The van der Waals surface area contributed by atoms with Gasteiger partial charge in [-0.15, -0.1) is 22.7 Å². The molecule has 2 rings (SSSR count). The maximum absolute atomic E-state index is 11.5. The Hall–Kier alpha value is -1.13. The summed E-state index contributed by atoms with van der Waals surface area (Å²) in [6.07, 6.45) is 1.43. The molecule has 0 aliphatic carbocycles. The van der Waals surface area contributed by atoms with E-state index in [2.05, 4.69) is 16.8 Å². The van der Waals surface area contributed by atoms with E-state index in [9.17, 15) is 4.79 Å². The molecule has 0 unspecified atom stereocenters. The molecule has 1 N–H and O–H groups in total. The standard InChI is InChI=1S/C12H13NOS2/c14-12(9-11-4-2-8-16-11)13-6-5-10-3-1-7-15-10/h1-4,7-8H,5-6,9H2,(H,13,14). The van der Waals surface area contributed by atoms with Crippen molar-refractivity contribution in [2.24, 2.45) is 0 Å². The molecule has 84 valence electrons. The van der Waals surface area contributed by atoms with Crippen LogP contribution < -0.4 is 5.32 Å². The van der Waals surface area contributed by atoms with Gasteiger partial charge in [0.25, 0.3) is 0 Å². The van der Waals surface area contributed by atoms with Crippen molar-refractivity contribution in [3.05, 3.63) is 44.8 Å². The van der Waals surface area contributed by atoms with Crippen LogP contribution in [0.3, 0.4) is 0 Å². The molecule has 0 saturated heterocycles. The van der Waals surface area contributed by atoms with Gasteiger partial charge in [-0.05, 0) is 29.3 Å². The predicted octanol–water partition coefficient (Wildman–Crippen LogP) is 2.71. The van der Waals surface area contributed by atoms with Crippen molar-refractivity contribution in [3.63, 3.8) is 0 Å². The second-order valence-electron chi connectivity index (χ2n) is 3.44. The summed E-state index contributed by atoms with van der Waals surface area (Å²) in [6.45, 7) is 0.727. The largest absolute Gasteiger partial charge is 0.355 e. The first-order valence-corrected chi connectivity index (χ1v) is 6.92. The number of hydrogen-bond acceptors (Lipinski definition) is 3. The lowest BCUT2D eigenvalue weighted by Gasteiger charge is -2.02. The lowest BCUT2D eigenvalue weighted by Crippen LogP contribution is -2.26. The molecule has 2 aromatic rings. The van der Waals surface area contributed by atoms with Gasteiger partial charge in [0.1, 0.15) is 0 Å². The topological polar surface area (TPSA) is 29.1 Å². The third-order valence-electron chi connectivity index (χ3n) is 2.19. The third kappa shape index (κ3) is 3.47. The third-order valence-corrected chi connectivity index (χ3v) is 4.00. The first kappa shape index (κ1) is 11.4. The quantitative estimate of drug-likeness (QED) is 0.870. The summed E-state index contributed by atoms with van der Waals surface area (Å²) in [5, 5.41) is 6.99. The van der Waals surface area contributed by atoms with Crippen molar-refractivity contribution >= 4 is 28.6 Å². The minimum absolute atomic E-state index is 0.110. The van der Waals surface area contributed by atoms with Crippen LogP contribution in [0.1, 0.15) is 9.75 Å². The molecule has 4 heteroatoms. The fourth-order valence-corrected chi connectivity index (χ4v) is 2.83. The Bertz CT molecular complexity index is 420. The molecule has 0 aliphatic heterocycles. The lowest BCUT2D eigenvalue weighted by molar-refractivity contribution is -0.120. The maximum atomic E-state index is 11.5. The van der Waals surface area contributed by atoms with E-state index >= 15 is 0 Å². The second kappa shape index (κ2) is 5.82. The van der Waals surface area contributed by atoms with Gasteiger partial charge in [-0.1, -0.05) is 12.1 Å². The minimum Gasteiger partial charge on any atom is -0.355 e. The van der Waals surface area contributed by atoms with Crippen molar-refractivity contribution < 1.29 is 4.79 Å². The zero-order chi connectivity index (χ0) is 11.2. The first-order chi connectivity index (χ1) is 7.84. The lowest BCUT2D eigenvalue weighted by atomic mass is 10.3. The molecule has 0 fully saturated rings. The molecular formula is C12H13NOS2. The van der Waals surface area contributed by atoms with E-state index in [1.807, 2.05) is 23.6 Å². The fraction of sp³-hybridized carbons (Fsp3) is 0.250. The summed E-state index contributed by atoms with van der Waals surface area (Å²) < 4.78 is 0. The molecule has 0 atom stereocenters. The number of hydrogen-bond donors (Lipinski definition) is 1. The number of carbonyl (C=O) groups excluding carboxylic acids is 1. The van der Waals surface area contributed by atoms with Gasteiger partial charge in [0.15, 0.2) is 0 Å². The van der Waals surface area contributed by atoms with E-state index in [4.69, 9.17) is 0 Å². The van der Waals surface area contributed by atoms with E-state index in [1.165, 1.54) is 4.88 Å². The van der Waals surface area contributed by atoms with Gasteiger partial charge < -0.3 is 5.32 Å². The Morgan fingerprint density at radius 3 is 2.44 bits per heavy atom. The molecule has 0 aromatic carbocycles. The highest BCUT2D eigenvalue weighted by molar-refractivity contribution is 7.10. The summed E-state index contributed by atoms with van der Waals surface area (Å²) in [5.74, 6) is 0.110. The van der Waals surface area contributed by atoms with E-state index in [-0.39, 0.29) is 5.91 Å². The average molecular weight is 251 g/mol. The second-order valence-corrected chi connectivity index (χ2v) is 5.50. The Kier molecular flexibility index (Phi) is 4.13. The number of rotatable bonds is 5. The smallest absolute Gasteiger partial charge is 0.225 e. The number of thiophene rings is 2. The molecule has 1 amide bonds. The zero-order valence-corrected chi connectivity index (χ0v) is 10.4. The summed E-state index contributed by atoms with van der Waals surface area (Å²) >= 11 is 3.35. The van der Waals surface area contributed by atoms with Gasteiger partial charge >= 0.3 is 0 Å². The molecule has 0 radical (unpaired) electrons. The van der Waals surface area contributed by atoms with Crippen molar-refractivity contribution in [2.75, 3.05) is 6.54 Å². The van der Waals surface area contributed by atoms with Gasteiger partial charge in [-0.2, -0.15) is 0 Å². The zero-order valence-electron chi connectivity index (χ0n) is 8.81. The highest BCUT2D eigenvalue weighted by Gasteiger charge is 2.03. The summed E-state index contributed by atoms with van der Waals surface area (Å²) in [4.78, 5) is 14.0. The van der Waals surface area contributed by atoms with Crippen molar-refractivity contribution in [1.29, 1.82) is 0 Å². The number of amides is 1. The van der Waals surface area contributed by atoms with Crippen LogP contribution in [0, 0.1) is 0 Å². The molecule has 2 heterocycles. The van der Waals surface area contributed by atoms with Gasteiger partial charge in [0.2, 0.25) is 5.91 Å². The monoisotopic (exact) mass is 251 g/mol.